The molecule has 4 heterocycles. The maximum Gasteiger partial charge on any atom is 0.254 e. The van der Waals surface area contributed by atoms with Crippen LogP contribution in [0.25, 0.3) is 22.2 Å². The number of fused-ring (bicyclic) bond motifs is 1. The Labute approximate surface area is 233 Å². The highest BCUT2D eigenvalue weighted by Crippen LogP contribution is 2.30. The van der Waals surface area contributed by atoms with Crippen LogP contribution in [0.1, 0.15) is 49.9 Å². The summed E-state index contributed by atoms with van der Waals surface area (Å²) in [5.74, 6) is 0.446. The second kappa shape index (κ2) is 11.9. The van der Waals surface area contributed by atoms with Crippen molar-refractivity contribution in [2.75, 3.05) is 39.3 Å². The summed E-state index contributed by atoms with van der Waals surface area (Å²) in [4.78, 5) is 42.3. The van der Waals surface area contributed by atoms with Gasteiger partial charge in [0.2, 0.25) is 5.91 Å². The van der Waals surface area contributed by atoms with Gasteiger partial charge >= 0.3 is 0 Å². The summed E-state index contributed by atoms with van der Waals surface area (Å²) in [6.07, 6.45) is 7.40. The van der Waals surface area contributed by atoms with Gasteiger partial charge in [-0.2, -0.15) is 0 Å². The molecule has 0 spiro atoms. The predicted octanol–water partition coefficient (Wildman–Crippen LogP) is 5.24. The standard InChI is InChI=1S/C30H36BrN5O2/c1-3-34(4-2)29(37)22-6-5-15-36(20-22)24-11-16-35(17-12-24)30(38)26-19-28(21-9-13-32-14-10-21)33-27-8-7-23(31)18-25(26)27/h7-10,13-14,18-19,22,24H,3-6,11-12,15-17,20H2,1-2H3. The zero-order chi connectivity index (χ0) is 26.6. The Kier molecular flexibility index (Phi) is 8.39. The van der Waals surface area contributed by atoms with E-state index in [1.54, 1.807) is 12.4 Å². The number of nitrogens with zero attached hydrogens (tertiary/aromatic N) is 5. The second-order valence-corrected chi connectivity index (χ2v) is 11.2. The molecule has 2 saturated heterocycles. The topological polar surface area (TPSA) is 69.6 Å². The monoisotopic (exact) mass is 577 g/mol. The molecule has 38 heavy (non-hydrogen) atoms. The summed E-state index contributed by atoms with van der Waals surface area (Å²) in [6.45, 7) is 8.98. The van der Waals surface area contributed by atoms with Crippen LogP contribution in [0, 0.1) is 5.92 Å². The van der Waals surface area contributed by atoms with E-state index in [1.165, 1.54) is 0 Å². The molecule has 8 heteroatoms. The fourth-order valence-electron chi connectivity index (χ4n) is 5.98. The Morgan fingerprint density at radius 3 is 2.45 bits per heavy atom. The summed E-state index contributed by atoms with van der Waals surface area (Å²) >= 11 is 3.57. The van der Waals surface area contributed by atoms with Crippen LogP contribution < -0.4 is 0 Å². The third kappa shape index (κ3) is 5.61. The van der Waals surface area contributed by atoms with E-state index in [2.05, 4.69) is 39.7 Å². The van der Waals surface area contributed by atoms with Gasteiger partial charge in [0, 0.05) is 66.6 Å². The molecule has 2 aromatic heterocycles. The first kappa shape index (κ1) is 26.8. The Balaban J connectivity index is 1.31. The zero-order valence-electron chi connectivity index (χ0n) is 22.3. The zero-order valence-corrected chi connectivity index (χ0v) is 23.9. The van der Waals surface area contributed by atoms with E-state index in [9.17, 15) is 9.59 Å². The van der Waals surface area contributed by atoms with Gasteiger partial charge in [0.1, 0.15) is 0 Å². The highest BCUT2D eigenvalue weighted by molar-refractivity contribution is 9.10. The van der Waals surface area contributed by atoms with E-state index < -0.39 is 0 Å². The number of rotatable bonds is 6. The van der Waals surface area contributed by atoms with Crippen LogP contribution in [0.15, 0.2) is 53.3 Å². The fourth-order valence-corrected chi connectivity index (χ4v) is 6.34. The molecule has 3 aromatic rings. The van der Waals surface area contributed by atoms with E-state index >= 15 is 0 Å². The quantitative estimate of drug-likeness (QED) is 0.400. The van der Waals surface area contributed by atoms with Crippen LogP contribution in [0.3, 0.4) is 0 Å². The molecular formula is C30H36BrN5O2. The largest absolute Gasteiger partial charge is 0.343 e. The van der Waals surface area contributed by atoms with Crippen molar-refractivity contribution in [1.82, 2.24) is 24.7 Å². The lowest BCUT2D eigenvalue weighted by atomic mass is 9.92. The van der Waals surface area contributed by atoms with Crippen LogP contribution in [0.4, 0.5) is 0 Å². The molecule has 7 nitrogen and oxygen atoms in total. The van der Waals surface area contributed by atoms with Crippen molar-refractivity contribution in [2.24, 2.45) is 5.92 Å². The van der Waals surface area contributed by atoms with Gasteiger partial charge in [-0.3, -0.25) is 19.5 Å². The number of carbonyl (C=O) groups excluding carboxylic acids is 2. The van der Waals surface area contributed by atoms with Crippen molar-refractivity contribution >= 4 is 38.6 Å². The Morgan fingerprint density at radius 1 is 1.00 bits per heavy atom. The maximum atomic E-state index is 13.9. The van der Waals surface area contributed by atoms with Crippen LogP contribution in [-0.4, -0.2) is 81.8 Å². The van der Waals surface area contributed by atoms with E-state index in [0.717, 1.165) is 91.6 Å². The normalized spacial score (nSPS) is 19.0. The van der Waals surface area contributed by atoms with E-state index in [4.69, 9.17) is 4.98 Å². The first-order chi connectivity index (χ1) is 18.5. The average Bonchev–Trinajstić information content (AvgIpc) is 2.97. The number of hydrogen-bond acceptors (Lipinski definition) is 5. The fraction of sp³-hybridized carbons (Fsp3) is 0.467. The lowest BCUT2D eigenvalue weighted by molar-refractivity contribution is -0.137. The smallest absolute Gasteiger partial charge is 0.254 e. The third-order valence-electron chi connectivity index (χ3n) is 8.12. The van der Waals surface area contributed by atoms with Gasteiger partial charge in [-0.1, -0.05) is 15.9 Å². The number of likely N-dealkylation sites (tertiary alicyclic amines) is 2. The van der Waals surface area contributed by atoms with Crippen molar-refractivity contribution in [3.8, 4) is 11.3 Å². The molecule has 0 aliphatic carbocycles. The number of halogens is 1. The van der Waals surface area contributed by atoms with Crippen molar-refractivity contribution in [1.29, 1.82) is 0 Å². The molecule has 1 aromatic carbocycles. The predicted molar refractivity (Wildman–Crippen MR) is 154 cm³/mol. The number of aromatic nitrogens is 2. The number of piperidine rings is 2. The van der Waals surface area contributed by atoms with Crippen LogP contribution in [-0.2, 0) is 4.79 Å². The van der Waals surface area contributed by atoms with Crippen molar-refractivity contribution in [3.63, 3.8) is 0 Å². The van der Waals surface area contributed by atoms with Crippen molar-refractivity contribution in [2.45, 2.75) is 45.6 Å². The molecule has 0 saturated carbocycles. The molecule has 2 fully saturated rings. The van der Waals surface area contributed by atoms with Gasteiger partial charge in [-0.05, 0) is 82.5 Å². The van der Waals surface area contributed by atoms with Gasteiger partial charge in [0.05, 0.1) is 22.7 Å². The van der Waals surface area contributed by atoms with Crippen LogP contribution in [0.5, 0.6) is 0 Å². The Morgan fingerprint density at radius 2 is 1.74 bits per heavy atom. The summed E-state index contributed by atoms with van der Waals surface area (Å²) < 4.78 is 0.926. The summed E-state index contributed by atoms with van der Waals surface area (Å²) in [7, 11) is 0. The molecule has 2 aliphatic rings. The molecular weight excluding hydrogens is 542 g/mol. The number of pyridine rings is 2. The molecule has 5 rings (SSSR count). The maximum absolute atomic E-state index is 13.9. The van der Waals surface area contributed by atoms with Crippen molar-refractivity contribution < 1.29 is 9.59 Å². The number of amides is 2. The number of hydrogen-bond donors (Lipinski definition) is 0. The minimum Gasteiger partial charge on any atom is -0.343 e. The van der Waals surface area contributed by atoms with Gasteiger partial charge in [0.15, 0.2) is 0 Å². The van der Waals surface area contributed by atoms with Crippen molar-refractivity contribution in [3.05, 3.63) is 58.8 Å². The number of carbonyl (C=O) groups is 2. The minimum atomic E-state index is 0.0532. The summed E-state index contributed by atoms with van der Waals surface area (Å²) in [6, 6.07) is 12.1. The first-order valence-electron chi connectivity index (χ1n) is 13.8. The first-order valence-corrected chi connectivity index (χ1v) is 14.6. The van der Waals surface area contributed by atoms with E-state index in [-0.39, 0.29) is 11.8 Å². The molecule has 0 bridgehead atoms. The average molecular weight is 579 g/mol. The number of benzene rings is 1. The lowest BCUT2D eigenvalue weighted by Crippen LogP contribution is -2.52. The van der Waals surface area contributed by atoms with Gasteiger partial charge in [-0.25, -0.2) is 4.98 Å². The highest BCUT2D eigenvalue weighted by atomic mass is 79.9. The summed E-state index contributed by atoms with van der Waals surface area (Å²) in [5, 5.41) is 0.859. The van der Waals surface area contributed by atoms with Gasteiger partial charge in [0.25, 0.3) is 5.91 Å². The SMILES string of the molecule is CCN(CC)C(=O)C1CCCN(C2CCN(C(=O)c3cc(-c4ccncc4)nc4ccc(Br)cc34)CC2)C1. The molecule has 0 radical (unpaired) electrons. The van der Waals surface area contributed by atoms with E-state index in [1.807, 2.05) is 46.2 Å². The van der Waals surface area contributed by atoms with E-state index in [0.29, 0.717) is 17.5 Å². The summed E-state index contributed by atoms with van der Waals surface area (Å²) in [5.41, 5.74) is 3.21. The van der Waals surface area contributed by atoms with Crippen LogP contribution >= 0.6 is 15.9 Å². The Bertz CT molecular complexity index is 1290. The minimum absolute atomic E-state index is 0.0532. The lowest BCUT2D eigenvalue weighted by Gasteiger charge is -2.42. The molecule has 0 N–H and O–H groups in total. The molecule has 1 atom stereocenters. The second-order valence-electron chi connectivity index (χ2n) is 10.3. The Hall–Kier alpha value is -2.84. The van der Waals surface area contributed by atoms with Gasteiger partial charge < -0.3 is 9.80 Å². The van der Waals surface area contributed by atoms with Crippen LogP contribution in [0.2, 0.25) is 0 Å². The van der Waals surface area contributed by atoms with Gasteiger partial charge in [-0.15, -0.1) is 0 Å². The molecule has 1 unspecified atom stereocenters. The third-order valence-corrected chi connectivity index (χ3v) is 8.62. The molecule has 2 aliphatic heterocycles. The molecule has 2 amide bonds. The molecule has 200 valence electrons. The highest BCUT2D eigenvalue weighted by Gasteiger charge is 2.34.